The number of hydrogen-bond acceptors (Lipinski definition) is 3. The summed E-state index contributed by atoms with van der Waals surface area (Å²) in [6.45, 7) is 5.84. The third-order valence-electron chi connectivity index (χ3n) is 3.23. The number of benzene rings is 1. The van der Waals surface area contributed by atoms with Gasteiger partial charge in [-0.3, -0.25) is 0 Å². The van der Waals surface area contributed by atoms with E-state index in [-0.39, 0.29) is 5.92 Å². The van der Waals surface area contributed by atoms with E-state index >= 15 is 0 Å². The second kappa shape index (κ2) is 5.05. The van der Waals surface area contributed by atoms with Crippen LogP contribution in [0.3, 0.4) is 0 Å². The van der Waals surface area contributed by atoms with Gasteiger partial charge in [-0.1, -0.05) is 35.0 Å². The molecule has 0 amide bonds. The van der Waals surface area contributed by atoms with Crippen molar-refractivity contribution < 1.29 is 4.52 Å². The smallest absolute Gasteiger partial charge is 0.137 e. The molecule has 1 atom stereocenters. The topological polar surface area (TPSA) is 49.8 Å². The van der Waals surface area contributed by atoms with Crippen molar-refractivity contribution in [2.45, 2.75) is 33.1 Å². The molecule has 92 valence electrons. The first-order chi connectivity index (χ1) is 8.61. The van der Waals surface area contributed by atoms with Crippen LogP contribution in [0.15, 0.2) is 28.8 Å². The average Bonchev–Trinajstić information content (AvgIpc) is 2.68. The normalized spacial score (nSPS) is 12.1. The lowest BCUT2D eigenvalue weighted by Gasteiger charge is -2.09. The van der Waals surface area contributed by atoms with E-state index in [1.807, 2.05) is 45.0 Å². The Labute approximate surface area is 107 Å². The van der Waals surface area contributed by atoms with E-state index in [1.54, 1.807) is 0 Å². The highest BCUT2D eigenvalue weighted by Crippen LogP contribution is 2.24. The second-order valence-corrected chi connectivity index (χ2v) is 4.60. The maximum absolute atomic E-state index is 9.33. The molecule has 1 unspecified atom stereocenters. The van der Waals surface area contributed by atoms with E-state index in [0.717, 1.165) is 22.6 Å². The van der Waals surface area contributed by atoms with Crippen molar-refractivity contribution in [1.82, 2.24) is 5.16 Å². The number of aryl methyl sites for hydroxylation is 3. The van der Waals surface area contributed by atoms with Crippen molar-refractivity contribution in [2.24, 2.45) is 0 Å². The molecule has 0 aliphatic rings. The van der Waals surface area contributed by atoms with Crippen LogP contribution >= 0.6 is 0 Å². The highest BCUT2D eigenvalue weighted by atomic mass is 16.5. The Morgan fingerprint density at radius 1 is 1.22 bits per heavy atom. The summed E-state index contributed by atoms with van der Waals surface area (Å²) in [7, 11) is 0. The van der Waals surface area contributed by atoms with Crippen LogP contribution in [0.1, 0.15) is 34.1 Å². The summed E-state index contributed by atoms with van der Waals surface area (Å²) >= 11 is 0. The predicted molar refractivity (Wildman–Crippen MR) is 69.2 cm³/mol. The highest BCUT2D eigenvalue weighted by Gasteiger charge is 2.17. The van der Waals surface area contributed by atoms with E-state index in [1.165, 1.54) is 5.56 Å². The molecule has 3 nitrogen and oxygen atoms in total. The molecule has 0 bridgehead atoms. The number of hydrogen-bond donors (Lipinski definition) is 0. The Hall–Kier alpha value is -2.08. The molecular formula is C15H16N2O. The standard InChI is InChI=1S/C15H16N2O/c1-10-4-6-13(7-5-10)14(9-16)8-15-11(2)17-18-12(15)3/h4-7,14H,8H2,1-3H3. The molecular weight excluding hydrogens is 224 g/mol. The molecule has 0 radical (unpaired) electrons. The van der Waals surface area contributed by atoms with Crippen molar-refractivity contribution in [3.05, 3.63) is 52.4 Å². The van der Waals surface area contributed by atoms with Gasteiger partial charge in [-0.15, -0.1) is 0 Å². The molecule has 0 spiro atoms. The fraction of sp³-hybridized carbons (Fsp3) is 0.333. The first-order valence-corrected chi connectivity index (χ1v) is 5.99. The zero-order valence-electron chi connectivity index (χ0n) is 10.9. The van der Waals surface area contributed by atoms with Gasteiger partial charge < -0.3 is 4.52 Å². The Balaban J connectivity index is 2.26. The summed E-state index contributed by atoms with van der Waals surface area (Å²) in [6.07, 6.45) is 0.653. The molecule has 2 rings (SSSR count). The summed E-state index contributed by atoms with van der Waals surface area (Å²) in [6, 6.07) is 10.5. The molecule has 0 aliphatic heterocycles. The van der Waals surface area contributed by atoms with Crippen LogP contribution in [0.4, 0.5) is 0 Å². The van der Waals surface area contributed by atoms with Crippen LogP contribution in [-0.2, 0) is 6.42 Å². The zero-order chi connectivity index (χ0) is 13.1. The van der Waals surface area contributed by atoms with Crippen molar-refractivity contribution in [2.75, 3.05) is 0 Å². The van der Waals surface area contributed by atoms with Gasteiger partial charge in [-0.25, -0.2) is 0 Å². The second-order valence-electron chi connectivity index (χ2n) is 4.60. The van der Waals surface area contributed by atoms with Gasteiger partial charge in [0.15, 0.2) is 0 Å². The molecule has 0 N–H and O–H groups in total. The van der Waals surface area contributed by atoms with Crippen molar-refractivity contribution >= 4 is 0 Å². The van der Waals surface area contributed by atoms with Crippen LogP contribution in [0.2, 0.25) is 0 Å². The number of aromatic nitrogens is 1. The molecule has 2 aromatic rings. The first-order valence-electron chi connectivity index (χ1n) is 5.99. The van der Waals surface area contributed by atoms with Gasteiger partial charge in [0.1, 0.15) is 5.76 Å². The quantitative estimate of drug-likeness (QED) is 0.825. The van der Waals surface area contributed by atoms with Gasteiger partial charge in [-0.2, -0.15) is 5.26 Å². The largest absolute Gasteiger partial charge is 0.361 e. The Bertz CT molecular complexity index is 556. The fourth-order valence-electron chi connectivity index (χ4n) is 2.03. The lowest BCUT2D eigenvalue weighted by Crippen LogP contribution is -2.02. The van der Waals surface area contributed by atoms with Crippen LogP contribution in [0.5, 0.6) is 0 Å². The summed E-state index contributed by atoms with van der Waals surface area (Å²) in [4.78, 5) is 0. The van der Waals surface area contributed by atoms with Gasteiger partial charge in [0.2, 0.25) is 0 Å². The average molecular weight is 240 g/mol. The minimum absolute atomic E-state index is 0.151. The fourth-order valence-corrected chi connectivity index (χ4v) is 2.03. The molecule has 0 aliphatic carbocycles. The Morgan fingerprint density at radius 2 is 1.89 bits per heavy atom. The van der Waals surface area contributed by atoms with E-state index in [4.69, 9.17) is 4.52 Å². The van der Waals surface area contributed by atoms with Gasteiger partial charge in [0.05, 0.1) is 17.7 Å². The minimum atomic E-state index is -0.151. The molecule has 0 fully saturated rings. The summed E-state index contributed by atoms with van der Waals surface area (Å²) in [5.41, 5.74) is 4.16. The third kappa shape index (κ3) is 2.43. The lowest BCUT2D eigenvalue weighted by molar-refractivity contribution is 0.392. The summed E-state index contributed by atoms with van der Waals surface area (Å²) in [5, 5.41) is 13.3. The molecule has 18 heavy (non-hydrogen) atoms. The van der Waals surface area contributed by atoms with Crippen LogP contribution in [-0.4, -0.2) is 5.16 Å². The lowest BCUT2D eigenvalue weighted by atomic mass is 9.92. The maximum Gasteiger partial charge on any atom is 0.137 e. The van der Waals surface area contributed by atoms with E-state index in [9.17, 15) is 5.26 Å². The SMILES string of the molecule is Cc1ccc(C(C#N)Cc2c(C)noc2C)cc1. The summed E-state index contributed by atoms with van der Waals surface area (Å²) < 4.78 is 5.14. The van der Waals surface area contributed by atoms with Crippen LogP contribution in [0, 0.1) is 32.1 Å². The van der Waals surface area contributed by atoms with E-state index < -0.39 is 0 Å². The first kappa shape index (κ1) is 12.4. The predicted octanol–water partition coefficient (Wildman–Crippen LogP) is 3.45. The van der Waals surface area contributed by atoms with Crippen LogP contribution < -0.4 is 0 Å². The number of nitriles is 1. The number of rotatable bonds is 3. The van der Waals surface area contributed by atoms with E-state index in [0.29, 0.717) is 6.42 Å². The number of nitrogens with zero attached hydrogens (tertiary/aromatic N) is 2. The Kier molecular flexibility index (Phi) is 3.47. The Morgan fingerprint density at radius 3 is 2.39 bits per heavy atom. The maximum atomic E-state index is 9.33. The van der Waals surface area contributed by atoms with Crippen molar-refractivity contribution in [3.63, 3.8) is 0 Å². The minimum Gasteiger partial charge on any atom is -0.361 e. The molecule has 1 heterocycles. The van der Waals surface area contributed by atoms with Crippen molar-refractivity contribution in [3.8, 4) is 6.07 Å². The van der Waals surface area contributed by atoms with Gasteiger partial charge >= 0.3 is 0 Å². The summed E-state index contributed by atoms with van der Waals surface area (Å²) in [5.74, 6) is 0.655. The van der Waals surface area contributed by atoms with Crippen LogP contribution in [0.25, 0.3) is 0 Å². The monoisotopic (exact) mass is 240 g/mol. The van der Waals surface area contributed by atoms with E-state index in [2.05, 4.69) is 11.2 Å². The molecule has 1 aromatic carbocycles. The molecule has 0 saturated carbocycles. The molecule has 3 heteroatoms. The van der Waals surface area contributed by atoms with Gasteiger partial charge in [0.25, 0.3) is 0 Å². The van der Waals surface area contributed by atoms with Crippen molar-refractivity contribution in [1.29, 1.82) is 5.26 Å². The van der Waals surface area contributed by atoms with Gasteiger partial charge in [0, 0.05) is 5.56 Å². The zero-order valence-corrected chi connectivity index (χ0v) is 10.9. The molecule has 0 saturated heterocycles. The van der Waals surface area contributed by atoms with Gasteiger partial charge in [-0.05, 0) is 32.8 Å². The third-order valence-corrected chi connectivity index (χ3v) is 3.23. The molecule has 1 aromatic heterocycles. The highest BCUT2D eigenvalue weighted by molar-refractivity contribution is 5.32.